The van der Waals surface area contributed by atoms with Crippen molar-refractivity contribution in [2.75, 3.05) is 13.6 Å². The highest BCUT2D eigenvalue weighted by molar-refractivity contribution is 7.89. The van der Waals surface area contributed by atoms with Crippen LogP contribution in [0.1, 0.15) is 30.6 Å². The summed E-state index contributed by atoms with van der Waals surface area (Å²) in [5, 5.41) is 10.2. The van der Waals surface area contributed by atoms with E-state index in [-0.39, 0.29) is 11.4 Å². The van der Waals surface area contributed by atoms with Gasteiger partial charge in [-0.05, 0) is 29.7 Å². The summed E-state index contributed by atoms with van der Waals surface area (Å²) in [6, 6.07) is 16.0. The normalized spacial score (nSPS) is 13.2. The first-order valence-corrected chi connectivity index (χ1v) is 9.17. The van der Waals surface area contributed by atoms with Crippen LogP contribution in [0.5, 0.6) is 0 Å². The van der Waals surface area contributed by atoms with Crippen molar-refractivity contribution in [3.63, 3.8) is 0 Å². The van der Waals surface area contributed by atoms with Gasteiger partial charge in [0.25, 0.3) is 0 Å². The molecule has 0 bridgehead atoms. The van der Waals surface area contributed by atoms with Crippen LogP contribution in [0.25, 0.3) is 0 Å². The third kappa shape index (κ3) is 4.41. The largest absolute Gasteiger partial charge is 0.387 e. The van der Waals surface area contributed by atoms with Crippen LogP contribution in [-0.2, 0) is 16.4 Å². The van der Waals surface area contributed by atoms with Gasteiger partial charge in [-0.15, -0.1) is 0 Å². The number of hydrogen-bond donors (Lipinski definition) is 1. The third-order valence-corrected chi connectivity index (χ3v) is 5.62. The number of benzene rings is 2. The van der Waals surface area contributed by atoms with Crippen LogP contribution in [0, 0.1) is 0 Å². The molecule has 0 aromatic heterocycles. The van der Waals surface area contributed by atoms with Crippen LogP contribution >= 0.6 is 0 Å². The quantitative estimate of drug-likeness (QED) is 0.847. The van der Waals surface area contributed by atoms with Crippen LogP contribution in [0.4, 0.5) is 0 Å². The second kappa shape index (κ2) is 7.73. The highest BCUT2D eigenvalue weighted by Crippen LogP contribution is 2.20. The molecule has 0 amide bonds. The fourth-order valence-corrected chi connectivity index (χ4v) is 3.60. The summed E-state index contributed by atoms with van der Waals surface area (Å²) < 4.78 is 26.4. The first-order valence-electron chi connectivity index (χ1n) is 7.73. The Hall–Kier alpha value is -1.69. The lowest BCUT2D eigenvalue weighted by molar-refractivity contribution is 0.155. The second-order valence-corrected chi connectivity index (χ2v) is 7.65. The van der Waals surface area contributed by atoms with E-state index in [4.69, 9.17) is 0 Å². The van der Waals surface area contributed by atoms with E-state index in [1.165, 1.54) is 11.4 Å². The molecular formula is C18H23NO3S. The van der Waals surface area contributed by atoms with Gasteiger partial charge in [-0.2, -0.15) is 4.31 Å². The maximum absolute atomic E-state index is 12.6. The number of sulfonamides is 1. The maximum Gasteiger partial charge on any atom is 0.242 e. The van der Waals surface area contributed by atoms with Crippen molar-refractivity contribution in [1.82, 2.24) is 4.31 Å². The molecule has 2 aromatic rings. The van der Waals surface area contributed by atoms with Crippen molar-refractivity contribution in [3.8, 4) is 0 Å². The molecular weight excluding hydrogens is 310 g/mol. The molecule has 23 heavy (non-hydrogen) atoms. The van der Waals surface area contributed by atoms with Crippen LogP contribution in [0.2, 0.25) is 0 Å². The summed E-state index contributed by atoms with van der Waals surface area (Å²) in [7, 11) is -2.11. The van der Waals surface area contributed by atoms with Crippen LogP contribution in [-0.4, -0.2) is 31.4 Å². The van der Waals surface area contributed by atoms with E-state index in [1.807, 2.05) is 30.3 Å². The fraction of sp³-hybridized carbons (Fsp3) is 0.333. The van der Waals surface area contributed by atoms with Gasteiger partial charge in [0.15, 0.2) is 0 Å². The minimum absolute atomic E-state index is 0.0169. The molecule has 2 rings (SSSR count). The van der Waals surface area contributed by atoms with E-state index in [1.54, 1.807) is 24.3 Å². The van der Waals surface area contributed by atoms with E-state index < -0.39 is 16.1 Å². The lowest BCUT2D eigenvalue weighted by atomic mass is 10.1. The van der Waals surface area contributed by atoms with Crippen molar-refractivity contribution in [2.45, 2.75) is 30.8 Å². The smallest absolute Gasteiger partial charge is 0.242 e. The summed E-state index contributed by atoms with van der Waals surface area (Å²) in [4.78, 5) is 0.250. The zero-order chi connectivity index (χ0) is 16.9. The summed E-state index contributed by atoms with van der Waals surface area (Å²) >= 11 is 0. The van der Waals surface area contributed by atoms with Gasteiger partial charge >= 0.3 is 0 Å². The molecule has 0 heterocycles. The molecule has 1 atom stereocenters. The minimum Gasteiger partial charge on any atom is -0.387 e. The molecule has 0 saturated carbocycles. The van der Waals surface area contributed by atoms with Gasteiger partial charge in [-0.1, -0.05) is 55.8 Å². The molecule has 0 saturated heterocycles. The van der Waals surface area contributed by atoms with Gasteiger partial charge in [0.1, 0.15) is 0 Å². The maximum atomic E-state index is 12.6. The van der Waals surface area contributed by atoms with E-state index in [2.05, 4.69) is 6.92 Å². The van der Waals surface area contributed by atoms with E-state index in [0.717, 1.165) is 18.4 Å². The molecule has 5 heteroatoms. The number of hydrogen-bond acceptors (Lipinski definition) is 3. The molecule has 0 aliphatic rings. The number of aliphatic hydroxyl groups is 1. The number of nitrogens with zero attached hydrogens (tertiary/aromatic N) is 1. The Morgan fingerprint density at radius 2 is 1.65 bits per heavy atom. The van der Waals surface area contributed by atoms with Gasteiger partial charge in [0.05, 0.1) is 11.0 Å². The molecule has 1 N–H and O–H groups in total. The SMILES string of the molecule is CCCc1ccc(S(=O)(=O)N(C)CC(O)c2ccccc2)cc1. The lowest BCUT2D eigenvalue weighted by Crippen LogP contribution is -2.31. The van der Waals surface area contributed by atoms with Gasteiger partial charge in [0.2, 0.25) is 10.0 Å². The first kappa shape index (κ1) is 17.7. The Labute approximate surface area is 138 Å². The molecule has 0 aliphatic heterocycles. The van der Waals surface area contributed by atoms with Gasteiger partial charge < -0.3 is 5.11 Å². The Kier molecular flexibility index (Phi) is 5.93. The topological polar surface area (TPSA) is 57.6 Å². The Morgan fingerprint density at radius 3 is 2.22 bits per heavy atom. The summed E-state index contributed by atoms with van der Waals surface area (Å²) in [5.41, 5.74) is 1.83. The minimum atomic E-state index is -3.60. The average Bonchev–Trinajstić information content (AvgIpc) is 2.56. The predicted octanol–water partition coefficient (Wildman–Crippen LogP) is 2.99. The second-order valence-electron chi connectivity index (χ2n) is 5.61. The zero-order valence-corrected chi connectivity index (χ0v) is 14.3. The highest BCUT2D eigenvalue weighted by atomic mass is 32.2. The molecule has 124 valence electrons. The number of aliphatic hydroxyl groups excluding tert-OH is 1. The fourth-order valence-electron chi connectivity index (χ4n) is 2.42. The van der Waals surface area contributed by atoms with Gasteiger partial charge in [-0.25, -0.2) is 8.42 Å². The molecule has 2 aromatic carbocycles. The molecule has 4 nitrogen and oxygen atoms in total. The highest BCUT2D eigenvalue weighted by Gasteiger charge is 2.23. The Bertz CT molecular complexity index is 712. The van der Waals surface area contributed by atoms with Crippen molar-refractivity contribution < 1.29 is 13.5 Å². The van der Waals surface area contributed by atoms with E-state index in [9.17, 15) is 13.5 Å². The summed E-state index contributed by atoms with van der Waals surface area (Å²) in [6.45, 7) is 2.10. The van der Waals surface area contributed by atoms with E-state index >= 15 is 0 Å². The summed E-state index contributed by atoms with van der Waals surface area (Å²) in [6.07, 6.45) is 1.10. The van der Waals surface area contributed by atoms with Crippen molar-refractivity contribution >= 4 is 10.0 Å². The lowest BCUT2D eigenvalue weighted by Gasteiger charge is -2.21. The molecule has 1 unspecified atom stereocenters. The van der Waals surface area contributed by atoms with Crippen LogP contribution in [0.3, 0.4) is 0 Å². The van der Waals surface area contributed by atoms with Gasteiger partial charge in [-0.3, -0.25) is 0 Å². The monoisotopic (exact) mass is 333 g/mol. The zero-order valence-electron chi connectivity index (χ0n) is 13.5. The van der Waals surface area contributed by atoms with Gasteiger partial charge in [0, 0.05) is 13.6 Å². The molecule has 0 aliphatic carbocycles. The summed E-state index contributed by atoms with van der Waals surface area (Å²) in [5.74, 6) is 0. The molecule has 0 fully saturated rings. The molecule has 0 radical (unpaired) electrons. The Balaban J connectivity index is 2.12. The van der Waals surface area contributed by atoms with E-state index in [0.29, 0.717) is 5.56 Å². The third-order valence-electron chi connectivity index (χ3n) is 3.78. The predicted molar refractivity (Wildman–Crippen MR) is 91.7 cm³/mol. The van der Waals surface area contributed by atoms with Crippen molar-refractivity contribution in [1.29, 1.82) is 0 Å². The first-order chi connectivity index (χ1) is 10.9. The van der Waals surface area contributed by atoms with Crippen molar-refractivity contribution in [3.05, 3.63) is 65.7 Å². The van der Waals surface area contributed by atoms with Crippen LogP contribution < -0.4 is 0 Å². The number of rotatable bonds is 7. The van der Waals surface area contributed by atoms with Crippen LogP contribution in [0.15, 0.2) is 59.5 Å². The molecule has 0 spiro atoms. The Morgan fingerprint density at radius 1 is 1.04 bits per heavy atom. The number of likely N-dealkylation sites (N-methyl/N-ethyl adjacent to an activating group) is 1. The average molecular weight is 333 g/mol. The standard InChI is InChI=1S/C18H23NO3S/c1-3-7-15-10-12-17(13-11-15)23(21,22)19(2)14-18(20)16-8-5-4-6-9-16/h4-6,8-13,18,20H,3,7,14H2,1-2H3. The number of aryl methyl sites for hydroxylation is 1. The van der Waals surface area contributed by atoms with Crippen molar-refractivity contribution in [2.24, 2.45) is 0 Å².